The van der Waals surface area contributed by atoms with Crippen LogP contribution in [0.1, 0.15) is 18.1 Å². The number of anilines is 1. The molecule has 0 aliphatic rings. The summed E-state index contributed by atoms with van der Waals surface area (Å²) in [6.45, 7) is 5.61. The van der Waals surface area contributed by atoms with Gasteiger partial charge in [-0.15, -0.1) is 0 Å². The van der Waals surface area contributed by atoms with Crippen LogP contribution in [0.5, 0.6) is 0 Å². The van der Waals surface area contributed by atoms with Crippen molar-refractivity contribution in [3.05, 3.63) is 27.7 Å². The molecule has 5 nitrogen and oxygen atoms in total. The molecule has 104 valence electrons. The maximum absolute atomic E-state index is 12.0. The minimum atomic E-state index is -1.03. The number of likely N-dealkylation sites (N-methyl/N-ethyl adjacent to an activating group) is 1. The van der Waals surface area contributed by atoms with Gasteiger partial charge in [-0.05, 0) is 53.9 Å². The van der Waals surface area contributed by atoms with E-state index < -0.39 is 12.0 Å². The smallest absolute Gasteiger partial charge is 0.323 e. The van der Waals surface area contributed by atoms with Crippen LogP contribution in [0.25, 0.3) is 0 Å². The molecule has 19 heavy (non-hydrogen) atoms. The van der Waals surface area contributed by atoms with Gasteiger partial charge in [-0.1, -0.05) is 6.07 Å². The first-order valence-corrected chi connectivity index (χ1v) is 6.69. The van der Waals surface area contributed by atoms with Gasteiger partial charge < -0.3 is 15.3 Å². The van der Waals surface area contributed by atoms with E-state index in [1.54, 1.807) is 6.92 Å². The van der Waals surface area contributed by atoms with Gasteiger partial charge in [0, 0.05) is 11.0 Å². The maximum Gasteiger partial charge on any atom is 0.323 e. The fraction of sp³-hybridized carbons (Fsp3) is 0.385. The number of carbonyl (C=O) groups is 2. The lowest BCUT2D eigenvalue weighted by molar-refractivity contribution is -0.137. The van der Waals surface area contributed by atoms with E-state index in [9.17, 15) is 9.59 Å². The Morgan fingerprint density at radius 1 is 1.37 bits per heavy atom. The van der Waals surface area contributed by atoms with Gasteiger partial charge >= 0.3 is 12.0 Å². The third-order valence-corrected chi connectivity index (χ3v) is 3.28. The Hall–Kier alpha value is -1.56. The fourth-order valence-corrected chi connectivity index (χ4v) is 2.52. The number of hydrogen-bond acceptors (Lipinski definition) is 2. The lowest BCUT2D eigenvalue weighted by Gasteiger charge is -2.20. The Kier molecular flexibility index (Phi) is 5.35. The molecule has 0 atom stereocenters. The highest BCUT2D eigenvalue weighted by Crippen LogP contribution is 2.27. The number of aryl methyl sites for hydroxylation is 2. The van der Waals surface area contributed by atoms with Crippen LogP contribution in [-0.2, 0) is 4.79 Å². The summed E-state index contributed by atoms with van der Waals surface area (Å²) >= 11 is 3.40. The van der Waals surface area contributed by atoms with E-state index >= 15 is 0 Å². The summed E-state index contributed by atoms with van der Waals surface area (Å²) in [5.74, 6) is -1.03. The van der Waals surface area contributed by atoms with Crippen LogP contribution in [0.3, 0.4) is 0 Å². The molecule has 2 N–H and O–H groups in total. The van der Waals surface area contributed by atoms with Gasteiger partial charge in [0.1, 0.15) is 6.54 Å². The number of nitrogens with one attached hydrogen (secondary N) is 1. The van der Waals surface area contributed by atoms with Crippen molar-refractivity contribution in [1.82, 2.24) is 4.90 Å². The lowest BCUT2D eigenvalue weighted by atomic mass is 10.1. The van der Waals surface area contributed by atoms with Crippen molar-refractivity contribution in [2.75, 3.05) is 18.4 Å². The number of halogens is 1. The van der Waals surface area contributed by atoms with Crippen molar-refractivity contribution in [2.45, 2.75) is 20.8 Å². The first-order valence-electron chi connectivity index (χ1n) is 5.89. The zero-order valence-corrected chi connectivity index (χ0v) is 12.7. The molecule has 0 fully saturated rings. The van der Waals surface area contributed by atoms with E-state index in [0.29, 0.717) is 12.2 Å². The molecular formula is C13H17BrN2O3. The fourth-order valence-electron chi connectivity index (χ4n) is 1.75. The predicted molar refractivity (Wildman–Crippen MR) is 77.5 cm³/mol. The summed E-state index contributed by atoms with van der Waals surface area (Å²) in [5, 5.41) is 11.5. The number of benzene rings is 1. The number of nitrogens with zero attached hydrogens (tertiary/aromatic N) is 1. The highest BCUT2D eigenvalue weighted by atomic mass is 79.9. The van der Waals surface area contributed by atoms with E-state index in [1.165, 1.54) is 4.90 Å². The van der Waals surface area contributed by atoms with E-state index in [2.05, 4.69) is 21.2 Å². The van der Waals surface area contributed by atoms with Crippen LogP contribution in [0.2, 0.25) is 0 Å². The minimum absolute atomic E-state index is 0.315. The molecule has 1 aromatic rings. The van der Waals surface area contributed by atoms with Crippen molar-refractivity contribution < 1.29 is 14.7 Å². The van der Waals surface area contributed by atoms with Crippen LogP contribution in [0.4, 0.5) is 10.5 Å². The first kappa shape index (κ1) is 15.5. The molecule has 0 heterocycles. The second-order valence-corrected chi connectivity index (χ2v) is 5.13. The molecule has 2 amide bonds. The topological polar surface area (TPSA) is 69.6 Å². The molecule has 0 saturated carbocycles. The lowest BCUT2D eigenvalue weighted by Crippen LogP contribution is -2.38. The van der Waals surface area contributed by atoms with Gasteiger partial charge in [-0.2, -0.15) is 0 Å². The van der Waals surface area contributed by atoms with Crippen LogP contribution < -0.4 is 5.32 Å². The SMILES string of the molecule is CCN(CC(=O)O)C(=O)Nc1c(C)cc(C)cc1Br. The summed E-state index contributed by atoms with van der Waals surface area (Å²) in [6.07, 6.45) is 0. The molecule has 6 heteroatoms. The third kappa shape index (κ3) is 4.24. The van der Waals surface area contributed by atoms with E-state index in [0.717, 1.165) is 15.6 Å². The van der Waals surface area contributed by atoms with Gasteiger partial charge in [0.05, 0.1) is 5.69 Å². The molecule has 0 bridgehead atoms. The average molecular weight is 329 g/mol. The summed E-state index contributed by atoms with van der Waals surface area (Å²) in [4.78, 5) is 23.9. The van der Waals surface area contributed by atoms with Crippen LogP contribution >= 0.6 is 15.9 Å². The normalized spacial score (nSPS) is 10.1. The minimum Gasteiger partial charge on any atom is -0.480 e. The number of urea groups is 1. The summed E-state index contributed by atoms with van der Waals surface area (Å²) in [7, 11) is 0. The summed E-state index contributed by atoms with van der Waals surface area (Å²) < 4.78 is 0.782. The monoisotopic (exact) mass is 328 g/mol. The number of rotatable bonds is 4. The first-order chi connectivity index (χ1) is 8.85. The van der Waals surface area contributed by atoms with Gasteiger partial charge in [-0.3, -0.25) is 4.79 Å². The van der Waals surface area contributed by atoms with Crippen molar-refractivity contribution in [3.63, 3.8) is 0 Å². The number of carbonyl (C=O) groups excluding carboxylic acids is 1. The predicted octanol–water partition coefficient (Wildman–Crippen LogP) is 3.00. The number of hydrogen-bond donors (Lipinski definition) is 2. The van der Waals surface area contributed by atoms with Crippen molar-refractivity contribution >= 4 is 33.6 Å². The van der Waals surface area contributed by atoms with Crippen molar-refractivity contribution in [1.29, 1.82) is 0 Å². The van der Waals surface area contributed by atoms with Gasteiger partial charge in [0.15, 0.2) is 0 Å². The Morgan fingerprint density at radius 2 is 2.00 bits per heavy atom. The Morgan fingerprint density at radius 3 is 2.47 bits per heavy atom. The maximum atomic E-state index is 12.0. The molecule has 0 unspecified atom stereocenters. The van der Waals surface area contributed by atoms with Gasteiger partial charge in [0.2, 0.25) is 0 Å². The molecule has 0 saturated heterocycles. The molecular weight excluding hydrogens is 312 g/mol. The van der Waals surface area contributed by atoms with E-state index in [1.807, 2.05) is 26.0 Å². The second-order valence-electron chi connectivity index (χ2n) is 4.28. The number of aliphatic carboxylic acids is 1. The van der Waals surface area contributed by atoms with Gasteiger partial charge in [-0.25, -0.2) is 4.79 Å². The van der Waals surface area contributed by atoms with Crippen LogP contribution in [0.15, 0.2) is 16.6 Å². The number of carboxylic acid groups (broad SMARTS) is 1. The highest BCUT2D eigenvalue weighted by molar-refractivity contribution is 9.10. The molecule has 1 rings (SSSR count). The molecule has 0 aromatic heterocycles. The van der Waals surface area contributed by atoms with E-state index in [-0.39, 0.29) is 6.54 Å². The largest absolute Gasteiger partial charge is 0.480 e. The summed E-state index contributed by atoms with van der Waals surface area (Å²) in [5.41, 5.74) is 2.67. The Balaban J connectivity index is 2.90. The Labute approximate surface area is 120 Å². The molecule has 0 spiro atoms. The number of carboxylic acids is 1. The second kappa shape index (κ2) is 6.56. The average Bonchev–Trinajstić information content (AvgIpc) is 2.30. The zero-order valence-electron chi connectivity index (χ0n) is 11.2. The summed E-state index contributed by atoms with van der Waals surface area (Å²) in [6, 6.07) is 3.43. The molecule has 0 aliphatic heterocycles. The standard InChI is InChI=1S/C13H17BrN2O3/c1-4-16(7-11(17)18)13(19)15-12-9(3)5-8(2)6-10(12)14/h5-6H,4,7H2,1-3H3,(H,15,19)(H,17,18). The third-order valence-electron chi connectivity index (χ3n) is 2.66. The Bertz CT molecular complexity index is 480. The molecule has 0 aliphatic carbocycles. The van der Waals surface area contributed by atoms with Gasteiger partial charge in [0.25, 0.3) is 0 Å². The van der Waals surface area contributed by atoms with E-state index in [4.69, 9.17) is 5.11 Å². The highest BCUT2D eigenvalue weighted by Gasteiger charge is 2.17. The van der Waals surface area contributed by atoms with Crippen molar-refractivity contribution in [2.24, 2.45) is 0 Å². The zero-order chi connectivity index (χ0) is 14.6. The van der Waals surface area contributed by atoms with Crippen LogP contribution in [-0.4, -0.2) is 35.1 Å². The quantitative estimate of drug-likeness (QED) is 0.892. The molecule has 0 radical (unpaired) electrons. The van der Waals surface area contributed by atoms with Crippen LogP contribution in [0, 0.1) is 13.8 Å². The van der Waals surface area contributed by atoms with Crippen molar-refractivity contribution in [3.8, 4) is 0 Å². The molecule has 1 aromatic carbocycles. The number of amides is 2.